The predicted molar refractivity (Wildman–Crippen MR) is 125 cm³/mol. The number of carbonyl (C=O) groups excluding carboxylic acids is 2. The van der Waals surface area contributed by atoms with Crippen LogP contribution in [0.25, 0.3) is 0 Å². The fourth-order valence-corrected chi connectivity index (χ4v) is 3.69. The van der Waals surface area contributed by atoms with E-state index in [2.05, 4.69) is 26.3 Å². The molecule has 2 aromatic heterocycles. The van der Waals surface area contributed by atoms with E-state index in [0.717, 1.165) is 11.1 Å². The lowest BCUT2D eigenvalue weighted by molar-refractivity contribution is 0.0951. The van der Waals surface area contributed by atoms with Crippen molar-refractivity contribution >= 4 is 33.4 Å². The number of amides is 2. The van der Waals surface area contributed by atoms with Crippen LogP contribution in [0.1, 0.15) is 32.0 Å². The molecule has 7 nitrogen and oxygen atoms in total. The van der Waals surface area contributed by atoms with Gasteiger partial charge < -0.3 is 14.6 Å². The highest BCUT2D eigenvalue weighted by Crippen LogP contribution is 2.23. The SMILES string of the molecule is CN(C(=O)c1ccc(Br)o1)c1ccccc1C(=O)NCc1ccccc1Cn1cccn1. The minimum atomic E-state index is -0.347. The molecule has 0 aliphatic carbocycles. The number of aromatic nitrogens is 2. The van der Waals surface area contributed by atoms with Gasteiger partial charge in [-0.3, -0.25) is 14.3 Å². The zero-order valence-electron chi connectivity index (χ0n) is 17.4. The van der Waals surface area contributed by atoms with Crippen LogP contribution in [0, 0.1) is 0 Å². The Balaban J connectivity index is 1.50. The number of nitrogens with zero attached hydrogens (tertiary/aromatic N) is 3. The minimum Gasteiger partial charge on any atom is -0.444 e. The number of hydrogen-bond acceptors (Lipinski definition) is 4. The summed E-state index contributed by atoms with van der Waals surface area (Å²) in [6, 6.07) is 20.0. The van der Waals surface area contributed by atoms with Gasteiger partial charge in [-0.1, -0.05) is 36.4 Å². The third kappa shape index (κ3) is 4.81. The molecule has 0 fully saturated rings. The Labute approximate surface area is 193 Å². The molecule has 0 saturated heterocycles. The van der Waals surface area contributed by atoms with E-state index in [0.29, 0.717) is 29.0 Å². The quantitative estimate of drug-likeness (QED) is 0.412. The minimum absolute atomic E-state index is 0.183. The molecule has 0 aliphatic heterocycles. The standard InChI is InChI=1S/C24H21BrN4O3/c1-28(24(31)21-11-12-22(25)32-21)20-10-5-4-9-19(20)23(30)26-15-17-7-2-3-8-18(17)16-29-14-6-13-27-29/h2-14H,15-16H2,1H3,(H,26,30). The molecule has 0 atom stereocenters. The molecule has 8 heteroatoms. The van der Waals surface area contributed by atoms with E-state index in [1.807, 2.05) is 41.2 Å². The largest absolute Gasteiger partial charge is 0.444 e. The summed E-state index contributed by atoms with van der Waals surface area (Å²) >= 11 is 3.20. The lowest BCUT2D eigenvalue weighted by Crippen LogP contribution is -2.30. The van der Waals surface area contributed by atoms with Crippen LogP contribution in [0.15, 0.2) is 88.2 Å². The number of furan rings is 1. The van der Waals surface area contributed by atoms with Crippen LogP contribution in [0.3, 0.4) is 0 Å². The van der Waals surface area contributed by atoms with Crippen molar-refractivity contribution in [2.75, 3.05) is 11.9 Å². The van der Waals surface area contributed by atoms with E-state index in [1.165, 1.54) is 4.90 Å². The van der Waals surface area contributed by atoms with Crippen LogP contribution in [-0.2, 0) is 13.1 Å². The van der Waals surface area contributed by atoms with E-state index in [9.17, 15) is 9.59 Å². The molecule has 0 saturated carbocycles. The van der Waals surface area contributed by atoms with Crippen LogP contribution >= 0.6 is 15.9 Å². The van der Waals surface area contributed by atoms with Crippen molar-refractivity contribution in [2.45, 2.75) is 13.1 Å². The maximum atomic E-state index is 13.0. The second-order valence-corrected chi connectivity index (χ2v) is 7.92. The summed E-state index contributed by atoms with van der Waals surface area (Å²) in [4.78, 5) is 27.2. The van der Waals surface area contributed by atoms with E-state index in [1.54, 1.807) is 49.6 Å². The molecule has 162 valence electrons. The Morgan fingerprint density at radius 3 is 2.50 bits per heavy atom. The van der Waals surface area contributed by atoms with Crippen molar-refractivity contribution in [3.05, 3.63) is 106 Å². The van der Waals surface area contributed by atoms with Crippen LogP contribution in [0.5, 0.6) is 0 Å². The molecular weight excluding hydrogens is 472 g/mol. The van der Waals surface area contributed by atoms with Gasteiger partial charge in [0, 0.05) is 26.0 Å². The Kier molecular flexibility index (Phi) is 6.51. The second kappa shape index (κ2) is 9.65. The summed E-state index contributed by atoms with van der Waals surface area (Å²) in [5, 5.41) is 7.23. The van der Waals surface area contributed by atoms with Gasteiger partial charge in [0.1, 0.15) is 0 Å². The van der Waals surface area contributed by atoms with Gasteiger partial charge in [-0.25, -0.2) is 0 Å². The number of rotatable bonds is 7. The van der Waals surface area contributed by atoms with Gasteiger partial charge in [0.25, 0.3) is 11.8 Å². The van der Waals surface area contributed by atoms with Crippen molar-refractivity contribution in [2.24, 2.45) is 0 Å². The lowest BCUT2D eigenvalue weighted by Gasteiger charge is -2.19. The number of carbonyl (C=O) groups is 2. The summed E-state index contributed by atoms with van der Waals surface area (Å²) in [5.41, 5.74) is 2.96. The normalized spacial score (nSPS) is 10.7. The van der Waals surface area contributed by atoms with Gasteiger partial charge >= 0.3 is 0 Å². The number of para-hydroxylation sites is 1. The highest BCUT2D eigenvalue weighted by atomic mass is 79.9. The first-order valence-corrected chi connectivity index (χ1v) is 10.8. The van der Waals surface area contributed by atoms with Gasteiger partial charge in [0.05, 0.1) is 17.8 Å². The predicted octanol–water partition coefficient (Wildman–Crippen LogP) is 4.49. The Hall–Kier alpha value is -3.65. The molecule has 32 heavy (non-hydrogen) atoms. The molecule has 0 aliphatic rings. The van der Waals surface area contributed by atoms with Crippen molar-refractivity contribution in [3.63, 3.8) is 0 Å². The molecule has 0 unspecified atom stereocenters. The lowest BCUT2D eigenvalue weighted by atomic mass is 10.1. The fraction of sp³-hybridized carbons (Fsp3) is 0.125. The summed E-state index contributed by atoms with van der Waals surface area (Å²) < 4.78 is 7.67. The van der Waals surface area contributed by atoms with Crippen LogP contribution in [0.2, 0.25) is 0 Å². The van der Waals surface area contributed by atoms with Crippen LogP contribution in [0.4, 0.5) is 5.69 Å². The zero-order valence-corrected chi connectivity index (χ0v) is 19.0. The second-order valence-electron chi connectivity index (χ2n) is 7.14. The van der Waals surface area contributed by atoms with Gasteiger partial charge in [-0.15, -0.1) is 0 Å². The van der Waals surface area contributed by atoms with E-state index in [4.69, 9.17) is 4.42 Å². The molecule has 0 spiro atoms. The maximum Gasteiger partial charge on any atom is 0.293 e. The van der Waals surface area contributed by atoms with Crippen molar-refractivity contribution in [1.29, 1.82) is 0 Å². The summed E-state index contributed by atoms with van der Waals surface area (Å²) in [6.07, 6.45) is 3.64. The first kappa shape index (κ1) is 21.6. The van der Waals surface area contributed by atoms with E-state index < -0.39 is 0 Å². The van der Waals surface area contributed by atoms with Gasteiger partial charge in [-0.2, -0.15) is 5.10 Å². The third-order valence-corrected chi connectivity index (χ3v) is 5.47. The maximum absolute atomic E-state index is 13.0. The highest BCUT2D eigenvalue weighted by molar-refractivity contribution is 9.10. The number of halogens is 1. The molecule has 2 aromatic carbocycles. The van der Waals surface area contributed by atoms with E-state index in [-0.39, 0.29) is 17.6 Å². The highest BCUT2D eigenvalue weighted by Gasteiger charge is 2.22. The molecule has 0 radical (unpaired) electrons. The number of anilines is 1. The van der Waals surface area contributed by atoms with Crippen molar-refractivity contribution in [3.8, 4) is 0 Å². The Bertz CT molecular complexity index is 1230. The number of benzene rings is 2. The van der Waals surface area contributed by atoms with Gasteiger partial charge in [0.2, 0.25) is 0 Å². The first-order valence-electron chi connectivity index (χ1n) is 9.98. The topological polar surface area (TPSA) is 80.4 Å². The van der Waals surface area contributed by atoms with Crippen LogP contribution in [-0.4, -0.2) is 28.6 Å². The van der Waals surface area contributed by atoms with Crippen molar-refractivity contribution < 1.29 is 14.0 Å². The molecule has 1 N–H and O–H groups in total. The number of nitrogens with one attached hydrogen (secondary N) is 1. The fourth-order valence-electron chi connectivity index (χ4n) is 3.39. The smallest absolute Gasteiger partial charge is 0.293 e. The average Bonchev–Trinajstić information content (AvgIpc) is 3.49. The third-order valence-electron chi connectivity index (χ3n) is 5.05. The summed E-state index contributed by atoms with van der Waals surface area (Å²) in [7, 11) is 1.62. The Morgan fingerprint density at radius 2 is 1.78 bits per heavy atom. The van der Waals surface area contributed by atoms with Crippen molar-refractivity contribution in [1.82, 2.24) is 15.1 Å². The number of hydrogen-bond donors (Lipinski definition) is 1. The van der Waals surface area contributed by atoms with E-state index >= 15 is 0 Å². The monoisotopic (exact) mass is 492 g/mol. The summed E-state index contributed by atoms with van der Waals surface area (Å²) in [5.74, 6) is -0.433. The molecule has 2 heterocycles. The average molecular weight is 493 g/mol. The molecule has 0 bridgehead atoms. The molecule has 4 aromatic rings. The zero-order chi connectivity index (χ0) is 22.5. The first-order chi connectivity index (χ1) is 15.5. The van der Waals surface area contributed by atoms with Gasteiger partial charge in [0.15, 0.2) is 10.4 Å². The van der Waals surface area contributed by atoms with Crippen LogP contribution < -0.4 is 10.2 Å². The molecule has 2 amide bonds. The Morgan fingerprint density at radius 1 is 1.03 bits per heavy atom. The van der Waals surface area contributed by atoms with Gasteiger partial charge in [-0.05, 0) is 57.4 Å². The molecular formula is C24H21BrN4O3. The summed E-state index contributed by atoms with van der Waals surface area (Å²) in [6.45, 7) is 0.971. The molecule has 4 rings (SSSR count).